The minimum absolute atomic E-state index is 0.251. The molecule has 0 saturated carbocycles. The first kappa shape index (κ1) is 33.2. The van der Waals surface area contributed by atoms with E-state index in [1.165, 1.54) is 17.0 Å². The highest BCUT2D eigenvalue weighted by Crippen LogP contribution is 2.27. The molecule has 10 nitrogen and oxygen atoms in total. The number of hydrogen-bond acceptors (Lipinski definition) is 8. The molecule has 43 heavy (non-hydrogen) atoms. The molecule has 232 valence electrons. The lowest BCUT2D eigenvalue weighted by atomic mass is 10.1. The van der Waals surface area contributed by atoms with Gasteiger partial charge in [0, 0.05) is 55.6 Å². The van der Waals surface area contributed by atoms with Gasteiger partial charge in [0.05, 0.1) is 23.1 Å². The Hall–Kier alpha value is -4.32. The van der Waals surface area contributed by atoms with Gasteiger partial charge in [-0.2, -0.15) is 26.3 Å². The number of aliphatic carboxylic acids is 2. The Morgan fingerprint density at radius 3 is 2.07 bits per heavy atom. The van der Waals surface area contributed by atoms with Gasteiger partial charge in [-0.1, -0.05) is 12.1 Å². The van der Waals surface area contributed by atoms with Crippen LogP contribution < -0.4 is 4.90 Å². The van der Waals surface area contributed by atoms with Crippen LogP contribution >= 0.6 is 11.3 Å². The molecule has 18 heteroatoms. The molecule has 1 aliphatic rings. The minimum atomic E-state index is -5.08. The number of rotatable bonds is 4. The number of aromatic nitrogens is 4. The van der Waals surface area contributed by atoms with E-state index in [1.54, 1.807) is 29.8 Å². The normalized spacial score (nSPS) is 14.0. The number of imidazole rings is 1. The van der Waals surface area contributed by atoms with Crippen LogP contribution in [0.1, 0.15) is 10.6 Å². The first-order valence-electron chi connectivity index (χ1n) is 12.1. The lowest BCUT2D eigenvalue weighted by Gasteiger charge is -2.35. The quantitative estimate of drug-likeness (QED) is 0.302. The first-order chi connectivity index (χ1) is 20.1. The van der Waals surface area contributed by atoms with Gasteiger partial charge in [0.15, 0.2) is 11.5 Å². The average molecular weight is 637 g/mol. The van der Waals surface area contributed by atoms with Crippen molar-refractivity contribution in [2.24, 2.45) is 0 Å². The van der Waals surface area contributed by atoms with E-state index in [1.807, 2.05) is 22.2 Å². The number of anilines is 1. The second kappa shape index (κ2) is 13.8. The van der Waals surface area contributed by atoms with E-state index in [2.05, 4.69) is 31.7 Å². The molecule has 0 spiro atoms. The third kappa shape index (κ3) is 9.08. The first-order valence-corrected chi connectivity index (χ1v) is 13.0. The van der Waals surface area contributed by atoms with Crippen LogP contribution in [0, 0.1) is 12.7 Å². The summed E-state index contributed by atoms with van der Waals surface area (Å²) in [7, 11) is 0. The van der Waals surface area contributed by atoms with Crippen molar-refractivity contribution in [2.75, 3.05) is 31.1 Å². The second-order valence-electron chi connectivity index (χ2n) is 8.83. The van der Waals surface area contributed by atoms with Crippen LogP contribution in [0.5, 0.6) is 0 Å². The summed E-state index contributed by atoms with van der Waals surface area (Å²) in [4.78, 5) is 37.4. The Labute approximate surface area is 242 Å². The van der Waals surface area contributed by atoms with Gasteiger partial charge in [-0.15, -0.1) is 11.3 Å². The summed E-state index contributed by atoms with van der Waals surface area (Å²) in [6, 6.07) is 6.60. The van der Waals surface area contributed by atoms with Gasteiger partial charge in [-0.25, -0.2) is 28.9 Å². The van der Waals surface area contributed by atoms with Crippen molar-refractivity contribution in [1.29, 1.82) is 0 Å². The van der Waals surface area contributed by atoms with Gasteiger partial charge in [-0.05, 0) is 19.1 Å². The van der Waals surface area contributed by atoms with Gasteiger partial charge < -0.3 is 15.1 Å². The Balaban J connectivity index is 0.000000303. The molecule has 1 fully saturated rings. The second-order valence-corrected chi connectivity index (χ2v) is 9.77. The van der Waals surface area contributed by atoms with Crippen molar-refractivity contribution < 1.29 is 50.5 Å². The lowest BCUT2D eigenvalue weighted by molar-refractivity contribution is -0.193. The maximum Gasteiger partial charge on any atom is 0.490 e. The van der Waals surface area contributed by atoms with Gasteiger partial charge in [0.1, 0.15) is 5.82 Å². The molecule has 0 amide bonds. The van der Waals surface area contributed by atoms with Crippen molar-refractivity contribution in [3.63, 3.8) is 0 Å². The molecule has 4 aromatic rings. The van der Waals surface area contributed by atoms with E-state index in [9.17, 15) is 30.7 Å². The fourth-order valence-electron chi connectivity index (χ4n) is 3.79. The number of benzene rings is 1. The summed E-state index contributed by atoms with van der Waals surface area (Å²) < 4.78 is 79.1. The molecule has 0 aliphatic carbocycles. The molecule has 4 heterocycles. The SMILES string of the molecule is Cc1ncsc1CN1CCN(c2nccn3c(-c4cccc(F)c4)cnc23)CC1.O=C(O)C(F)(F)F.O=C(O)C(F)(F)F. The third-order valence-corrected chi connectivity index (χ3v) is 6.82. The highest BCUT2D eigenvalue weighted by Gasteiger charge is 2.38. The van der Waals surface area contributed by atoms with Gasteiger partial charge >= 0.3 is 24.3 Å². The predicted octanol–water partition coefficient (Wildman–Crippen LogP) is 4.89. The van der Waals surface area contributed by atoms with Gasteiger partial charge in [-0.3, -0.25) is 9.30 Å². The lowest BCUT2D eigenvalue weighted by Crippen LogP contribution is -2.46. The number of carboxylic acid groups (broad SMARTS) is 2. The molecule has 5 rings (SSSR count). The van der Waals surface area contributed by atoms with Crippen LogP contribution in [0.25, 0.3) is 16.9 Å². The summed E-state index contributed by atoms with van der Waals surface area (Å²) in [6.45, 7) is 6.75. The van der Waals surface area contributed by atoms with Gasteiger partial charge in [0.25, 0.3) is 0 Å². The number of hydrogen-bond donors (Lipinski definition) is 2. The summed E-state index contributed by atoms with van der Waals surface area (Å²) in [5, 5.41) is 14.2. The van der Waals surface area contributed by atoms with Crippen LogP contribution in [0.2, 0.25) is 0 Å². The zero-order chi connectivity index (χ0) is 31.9. The topological polar surface area (TPSA) is 124 Å². The average Bonchev–Trinajstić information content (AvgIpc) is 3.55. The van der Waals surface area contributed by atoms with Crippen molar-refractivity contribution in [2.45, 2.75) is 25.8 Å². The highest BCUT2D eigenvalue weighted by molar-refractivity contribution is 7.09. The molecule has 0 radical (unpaired) electrons. The maximum atomic E-state index is 13.7. The molecule has 1 aromatic carbocycles. The van der Waals surface area contributed by atoms with E-state index < -0.39 is 24.3 Å². The number of thiazole rings is 1. The summed E-state index contributed by atoms with van der Waals surface area (Å²) in [5.41, 5.74) is 5.52. The van der Waals surface area contributed by atoms with E-state index in [0.29, 0.717) is 0 Å². The number of aryl methyl sites for hydroxylation is 1. The Kier molecular flexibility index (Phi) is 10.6. The Bertz CT molecular complexity index is 1520. The largest absolute Gasteiger partial charge is 0.490 e. The molecular weight excluding hydrogens is 613 g/mol. The molecule has 2 N–H and O–H groups in total. The monoisotopic (exact) mass is 636 g/mol. The maximum absolute atomic E-state index is 13.7. The number of carboxylic acids is 2. The van der Waals surface area contributed by atoms with Crippen molar-refractivity contribution in [3.8, 4) is 11.3 Å². The van der Waals surface area contributed by atoms with Crippen LogP contribution in [-0.2, 0) is 16.1 Å². The summed E-state index contributed by atoms with van der Waals surface area (Å²) >= 11 is 1.73. The zero-order valence-corrected chi connectivity index (χ0v) is 22.9. The van der Waals surface area contributed by atoms with Crippen molar-refractivity contribution in [3.05, 3.63) is 64.8 Å². The third-order valence-electron chi connectivity index (χ3n) is 5.90. The number of fused-ring (bicyclic) bond motifs is 1. The van der Waals surface area contributed by atoms with E-state index >= 15 is 0 Å². The van der Waals surface area contributed by atoms with Crippen LogP contribution in [0.3, 0.4) is 0 Å². The standard InChI is InChI=1S/C21H21FN6S.2C2HF3O2/c1-15-19(29-14-25-15)13-26-7-9-27(10-8-26)20-21-24-12-18(28(21)6-5-23-20)16-3-2-4-17(22)11-16;2*3-2(4,5)1(6)7/h2-6,11-12,14H,7-10,13H2,1H3;2*(H,6,7). The number of carbonyl (C=O) groups is 2. The van der Waals surface area contributed by atoms with Crippen LogP contribution in [-0.4, -0.2) is 84.9 Å². The molecular formula is C25H23F7N6O4S. The fourth-order valence-corrected chi connectivity index (χ4v) is 4.61. The van der Waals surface area contributed by atoms with Gasteiger partial charge in [0.2, 0.25) is 0 Å². The molecule has 1 aliphatic heterocycles. The van der Waals surface area contributed by atoms with E-state index in [0.717, 1.165) is 61.1 Å². The predicted molar refractivity (Wildman–Crippen MR) is 140 cm³/mol. The number of alkyl halides is 6. The zero-order valence-electron chi connectivity index (χ0n) is 22.1. The Morgan fingerprint density at radius 2 is 1.56 bits per heavy atom. The van der Waals surface area contributed by atoms with E-state index in [4.69, 9.17) is 19.8 Å². The van der Waals surface area contributed by atoms with Crippen LogP contribution in [0.15, 0.2) is 48.4 Å². The molecule has 1 saturated heterocycles. The Morgan fingerprint density at radius 1 is 0.953 bits per heavy atom. The number of halogens is 7. The number of nitrogens with zero attached hydrogens (tertiary/aromatic N) is 6. The minimum Gasteiger partial charge on any atom is -0.475 e. The molecule has 0 atom stereocenters. The smallest absolute Gasteiger partial charge is 0.475 e. The molecule has 0 unspecified atom stereocenters. The summed E-state index contributed by atoms with van der Waals surface area (Å²) in [5.74, 6) is -4.89. The van der Waals surface area contributed by atoms with Crippen molar-refractivity contribution >= 4 is 34.7 Å². The number of piperazine rings is 1. The van der Waals surface area contributed by atoms with Crippen molar-refractivity contribution in [1.82, 2.24) is 24.3 Å². The highest BCUT2D eigenvalue weighted by atomic mass is 32.1. The molecule has 0 bridgehead atoms. The van der Waals surface area contributed by atoms with E-state index in [-0.39, 0.29) is 5.82 Å². The summed E-state index contributed by atoms with van der Waals surface area (Å²) in [6.07, 6.45) is -4.70. The molecule has 3 aromatic heterocycles. The van der Waals surface area contributed by atoms with Crippen LogP contribution in [0.4, 0.5) is 36.6 Å². The fraction of sp³-hybridized carbons (Fsp3) is 0.320.